The van der Waals surface area contributed by atoms with Crippen LogP contribution in [0.4, 0.5) is 0 Å². The molecular formula is C25H32N4O. The van der Waals surface area contributed by atoms with Gasteiger partial charge >= 0.3 is 0 Å². The Kier molecular flexibility index (Phi) is 6.48. The molecule has 2 heterocycles. The quantitative estimate of drug-likeness (QED) is 0.601. The zero-order valence-electron chi connectivity index (χ0n) is 18.1. The maximum Gasteiger partial charge on any atom is 0.241 e. The highest BCUT2D eigenvalue weighted by Gasteiger charge is 2.21. The van der Waals surface area contributed by atoms with E-state index in [1.165, 1.54) is 19.5 Å². The maximum absolute atomic E-state index is 12.6. The molecular weight excluding hydrogens is 372 g/mol. The highest BCUT2D eigenvalue weighted by Crippen LogP contribution is 2.27. The topological polar surface area (TPSA) is 50.2 Å². The highest BCUT2D eigenvalue weighted by molar-refractivity contribution is 5.94. The van der Waals surface area contributed by atoms with Gasteiger partial charge in [0.1, 0.15) is 12.2 Å². The Morgan fingerprint density at radius 3 is 2.50 bits per heavy atom. The van der Waals surface area contributed by atoms with Gasteiger partial charge < -0.3 is 10.2 Å². The minimum Gasteiger partial charge on any atom is -0.354 e. The molecule has 2 aromatic carbocycles. The smallest absolute Gasteiger partial charge is 0.241 e. The van der Waals surface area contributed by atoms with Crippen molar-refractivity contribution in [2.24, 2.45) is 11.8 Å². The van der Waals surface area contributed by atoms with Gasteiger partial charge in [-0.2, -0.15) is 5.10 Å². The number of fused-ring (bicyclic) bond motifs is 1. The zero-order chi connectivity index (χ0) is 20.9. The molecule has 1 fully saturated rings. The summed E-state index contributed by atoms with van der Waals surface area (Å²) in [5.74, 6) is 1.56. The van der Waals surface area contributed by atoms with Crippen LogP contribution in [0.3, 0.4) is 0 Å². The number of amides is 1. The standard InChI is InChI=1S/C25H32N4O/c1-19-15-20(2)17-28(16-19)14-8-13-26-24(30)18-29-23-12-7-6-11-22(23)25(27-29)21-9-4-3-5-10-21/h3-7,9-12,19-20H,8,13-18H2,1-2H3,(H,26,30)/t19-,20-/m1/s1. The molecule has 1 saturated heterocycles. The SMILES string of the molecule is C[C@@H]1C[C@@H](C)CN(CCCNC(=O)Cn2nc(-c3ccccc3)c3ccccc32)C1. The number of likely N-dealkylation sites (tertiary alicyclic amines) is 1. The second kappa shape index (κ2) is 9.43. The van der Waals surface area contributed by atoms with E-state index in [0.717, 1.165) is 47.0 Å². The first-order valence-electron chi connectivity index (χ1n) is 11.1. The van der Waals surface area contributed by atoms with Crippen molar-refractivity contribution in [3.05, 3.63) is 54.6 Å². The van der Waals surface area contributed by atoms with Crippen LogP contribution in [0.2, 0.25) is 0 Å². The van der Waals surface area contributed by atoms with E-state index in [0.29, 0.717) is 6.54 Å². The number of hydrogen-bond donors (Lipinski definition) is 1. The van der Waals surface area contributed by atoms with Gasteiger partial charge in [-0.15, -0.1) is 0 Å². The van der Waals surface area contributed by atoms with E-state index in [4.69, 9.17) is 5.10 Å². The molecule has 158 valence electrons. The van der Waals surface area contributed by atoms with Crippen LogP contribution < -0.4 is 5.32 Å². The first-order valence-corrected chi connectivity index (χ1v) is 11.1. The van der Waals surface area contributed by atoms with Gasteiger partial charge in [-0.3, -0.25) is 9.48 Å². The van der Waals surface area contributed by atoms with E-state index in [2.05, 4.69) is 42.3 Å². The lowest BCUT2D eigenvalue weighted by atomic mass is 9.92. The summed E-state index contributed by atoms with van der Waals surface area (Å²) < 4.78 is 1.82. The molecule has 1 amide bonds. The molecule has 1 aromatic heterocycles. The summed E-state index contributed by atoms with van der Waals surface area (Å²) in [5.41, 5.74) is 2.98. The van der Waals surface area contributed by atoms with Gasteiger partial charge in [-0.05, 0) is 37.3 Å². The monoisotopic (exact) mass is 404 g/mol. The number of rotatable bonds is 7. The van der Waals surface area contributed by atoms with Crippen molar-refractivity contribution in [2.45, 2.75) is 33.2 Å². The first kappa shape index (κ1) is 20.6. The van der Waals surface area contributed by atoms with Gasteiger partial charge in [0.15, 0.2) is 0 Å². The van der Waals surface area contributed by atoms with E-state index in [1.54, 1.807) is 0 Å². The predicted octanol–water partition coefficient (Wildman–Crippen LogP) is 4.19. The molecule has 5 heteroatoms. The maximum atomic E-state index is 12.6. The number of para-hydroxylation sites is 1. The van der Waals surface area contributed by atoms with Crippen molar-refractivity contribution >= 4 is 16.8 Å². The van der Waals surface area contributed by atoms with Crippen molar-refractivity contribution in [2.75, 3.05) is 26.2 Å². The van der Waals surface area contributed by atoms with Crippen LogP contribution in [0.25, 0.3) is 22.2 Å². The number of carbonyl (C=O) groups excluding carboxylic acids is 1. The lowest BCUT2D eigenvalue weighted by Gasteiger charge is -2.34. The van der Waals surface area contributed by atoms with Gasteiger partial charge in [0.05, 0.1) is 5.52 Å². The van der Waals surface area contributed by atoms with Crippen LogP contribution in [-0.4, -0.2) is 46.8 Å². The fourth-order valence-corrected chi connectivity index (χ4v) is 4.75. The zero-order valence-corrected chi connectivity index (χ0v) is 18.1. The Hall–Kier alpha value is -2.66. The number of carbonyl (C=O) groups is 1. The molecule has 4 rings (SSSR count). The van der Waals surface area contributed by atoms with Gasteiger partial charge in [-0.25, -0.2) is 0 Å². The minimum absolute atomic E-state index is 0.0169. The molecule has 1 aliphatic heterocycles. The Morgan fingerprint density at radius 1 is 1.03 bits per heavy atom. The normalized spacial score (nSPS) is 19.8. The average molecular weight is 405 g/mol. The molecule has 0 spiro atoms. The summed E-state index contributed by atoms with van der Waals surface area (Å²) in [5, 5.41) is 8.92. The van der Waals surface area contributed by atoms with E-state index in [9.17, 15) is 4.79 Å². The van der Waals surface area contributed by atoms with Crippen LogP contribution in [-0.2, 0) is 11.3 Å². The Balaban J connectivity index is 1.35. The summed E-state index contributed by atoms with van der Waals surface area (Å²) in [4.78, 5) is 15.1. The van der Waals surface area contributed by atoms with Crippen LogP contribution in [0.1, 0.15) is 26.7 Å². The van der Waals surface area contributed by atoms with Crippen LogP contribution in [0.5, 0.6) is 0 Å². The molecule has 0 bridgehead atoms. The third-order valence-corrected chi connectivity index (χ3v) is 5.92. The van der Waals surface area contributed by atoms with Crippen molar-refractivity contribution in [3.63, 3.8) is 0 Å². The summed E-state index contributed by atoms with van der Waals surface area (Å²) in [6.45, 7) is 9.04. The molecule has 0 unspecified atom stereocenters. The number of nitrogens with zero attached hydrogens (tertiary/aromatic N) is 3. The third kappa shape index (κ3) is 4.90. The van der Waals surface area contributed by atoms with Crippen molar-refractivity contribution in [3.8, 4) is 11.3 Å². The molecule has 0 saturated carbocycles. The minimum atomic E-state index is 0.0169. The molecule has 0 aliphatic carbocycles. The molecule has 2 atom stereocenters. The fourth-order valence-electron chi connectivity index (χ4n) is 4.75. The lowest BCUT2D eigenvalue weighted by Crippen LogP contribution is -2.40. The number of benzene rings is 2. The number of hydrogen-bond acceptors (Lipinski definition) is 3. The van der Waals surface area contributed by atoms with Crippen molar-refractivity contribution in [1.29, 1.82) is 0 Å². The molecule has 5 nitrogen and oxygen atoms in total. The Labute approximate surface area is 179 Å². The van der Waals surface area contributed by atoms with Crippen LogP contribution in [0.15, 0.2) is 54.6 Å². The molecule has 1 aliphatic rings. The average Bonchev–Trinajstić information content (AvgIpc) is 3.10. The lowest BCUT2D eigenvalue weighted by molar-refractivity contribution is -0.121. The van der Waals surface area contributed by atoms with Gasteiger partial charge in [0.2, 0.25) is 5.91 Å². The second-order valence-corrected chi connectivity index (χ2v) is 8.80. The van der Waals surface area contributed by atoms with Crippen molar-refractivity contribution < 1.29 is 4.79 Å². The molecule has 3 aromatic rings. The van der Waals surface area contributed by atoms with E-state index < -0.39 is 0 Å². The molecule has 1 N–H and O–H groups in total. The largest absolute Gasteiger partial charge is 0.354 e. The number of nitrogens with one attached hydrogen (secondary N) is 1. The Bertz CT molecular complexity index is 971. The number of aromatic nitrogens is 2. The Morgan fingerprint density at radius 2 is 1.73 bits per heavy atom. The molecule has 30 heavy (non-hydrogen) atoms. The van der Waals surface area contributed by atoms with Gasteiger partial charge in [-0.1, -0.05) is 62.4 Å². The van der Waals surface area contributed by atoms with Crippen molar-refractivity contribution in [1.82, 2.24) is 20.0 Å². The summed E-state index contributed by atoms with van der Waals surface area (Å²) >= 11 is 0. The second-order valence-electron chi connectivity index (χ2n) is 8.80. The predicted molar refractivity (Wildman–Crippen MR) is 122 cm³/mol. The van der Waals surface area contributed by atoms with Crippen LogP contribution >= 0.6 is 0 Å². The van der Waals surface area contributed by atoms with Gasteiger partial charge in [0.25, 0.3) is 0 Å². The summed E-state index contributed by atoms with van der Waals surface area (Å²) in [6, 6.07) is 18.3. The fraction of sp³-hybridized carbons (Fsp3) is 0.440. The highest BCUT2D eigenvalue weighted by atomic mass is 16.2. The van der Waals surface area contributed by atoms with Gasteiger partial charge in [0, 0.05) is 30.6 Å². The van der Waals surface area contributed by atoms with Crippen LogP contribution in [0, 0.1) is 11.8 Å². The van der Waals surface area contributed by atoms with E-state index >= 15 is 0 Å². The summed E-state index contributed by atoms with van der Waals surface area (Å²) in [6.07, 6.45) is 2.32. The third-order valence-electron chi connectivity index (χ3n) is 5.92. The molecule has 0 radical (unpaired) electrons. The number of piperidine rings is 1. The first-order chi connectivity index (χ1) is 14.6. The van der Waals surface area contributed by atoms with E-state index in [-0.39, 0.29) is 12.5 Å². The van der Waals surface area contributed by atoms with E-state index in [1.807, 2.05) is 41.1 Å². The summed E-state index contributed by atoms with van der Waals surface area (Å²) in [7, 11) is 0.